The molecule has 2 heterocycles. The number of carboxylic acids is 2. The van der Waals surface area contributed by atoms with Gasteiger partial charge in [-0.3, -0.25) is 4.79 Å². The average Bonchev–Trinajstić information content (AvgIpc) is 3.12. The predicted molar refractivity (Wildman–Crippen MR) is 72.3 cm³/mol. The van der Waals surface area contributed by atoms with E-state index in [4.69, 9.17) is 19.0 Å². The lowest BCUT2D eigenvalue weighted by atomic mass is 9.97. The standard InChI is InChI=1S/C15H12O7/c16-14(17)9(10-3-4-12(22-10)15(18)19)5-8-1-2-11-13(6-8)21-7-20-11/h1-4,6,9H,5,7H2,(H,16,17)(H,18,19). The van der Waals surface area contributed by atoms with Gasteiger partial charge < -0.3 is 24.1 Å². The minimum absolute atomic E-state index is 0.0996. The third-order valence-electron chi connectivity index (χ3n) is 3.36. The van der Waals surface area contributed by atoms with E-state index in [1.807, 2.05) is 0 Å². The first-order valence-electron chi connectivity index (χ1n) is 6.49. The van der Waals surface area contributed by atoms with Crippen molar-refractivity contribution < 1.29 is 33.7 Å². The van der Waals surface area contributed by atoms with Crippen molar-refractivity contribution in [1.82, 2.24) is 0 Å². The number of furan rings is 1. The summed E-state index contributed by atoms with van der Waals surface area (Å²) in [5.41, 5.74) is 0.727. The minimum Gasteiger partial charge on any atom is -0.481 e. The smallest absolute Gasteiger partial charge is 0.371 e. The molecule has 0 amide bonds. The van der Waals surface area contributed by atoms with E-state index in [0.717, 1.165) is 5.56 Å². The summed E-state index contributed by atoms with van der Waals surface area (Å²) in [5, 5.41) is 18.2. The van der Waals surface area contributed by atoms with E-state index < -0.39 is 17.9 Å². The average molecular weight is 304 g/mol. The molecule has 0 bridgehead atoms. The molecule has 0 saturated carbocycles. The van der Waals surface area contributed by atoms with Crippen molar-refractivity contribution in [3.8, 4) is 11.5 Å². The Balaban J connectivity index is 1.85. The van der Waals surface area contributed by atoms with E-state index in [1.165, 1.54) is 12.1 Å². The van der Waals surface area contributed by atoms with Crippen LogP contribution >= 0.6 is 0 Å². The van der Waals surface area contributed by atoms with Crippen LogP contribution in [0.4, 0.5) is 0 Å². The van der Waals surface area contributed by atoms with Crippen molar-refractivity contribution in [3.05, 3.63) is 47.4 Å². The summed E-state index contributed by atoms with van der Waals surface area (Å²) in [6, 6.07) is 7.77. The number of carboxylic acid groups (broad SMARTS) is 2. The highest BCUT2D eigenvalue weighted by Crippen LogP contribution is 2.34. The monoisotopic (exact) mass is 304 g/mol. The number of benzene rings is 1. The zero-order valence-corrected chi connectivity index (χ0v) is 11.3. The van der Waals surface area contributed by atoms with Crippen LogP contribution in [-0.4, -0.2) is 28.9 Å². The second kappa shape index (κ2) is 5.44. The molecule has 0 spiro atoms. The summed E-state index contributed by atoms with van der Waals surface area (Å²) in [7, 11) is 0. The van der Waals surface area contributed by atoms with Gasteiger partial charge in [0.2, 0.25) is 12.6 Å². The summed E-state index contributed by atoms with van der Waals surface area (Å²) >= 11 is 0. The molecule has 2 N–H and O–H groups in total. The summed E-state index contributed by atoms with van der Waals surface area (Å²) in [6.07, 6.45) is 0.151. The Morgan fingerprint density at radius 3 is 2.55 bits per heavy atom. The SMILES string of the molecule is O=C(O)c1ccc(C(Cc2ccc3c(c2)OCO3)C(=O)O)o1. The fraction of sp³-hybridized carbons (Fsp3) is 0.200. The van der Waals surface area contributed by atoms with Crippen LogP contribution in [0, 0.1) is 0 Å². The van der Waals surface area contributed by atoms with Crippen LogP contribution in [-0.2, 0) is 11.2 Å². The quantitative estimate of drug-likeness (QED) is 0.871. The van der Waals surface area contributed by atoms with E-state index in [-0.39, 0.29) is 24.7 Å². The molecule has 1 aliphatic heterocycles. The van der Waals surface area contributed by atoms with Gasteiger partial charge in [-0.15, -0.1) is 0 Å². The molecular weight excluding hydrogens is 292 g/mol. The third kappa shape index (κ3) is 2.60. The molecule has 0 aliphatic carbocycles. The Morgan fingerprint density at radius 1 is 1.09 bits per heavy atom. The van der Waals surface area contributed by atoms with Gasteiger partial charge in [-0.1, -0.05) is 6.07 Å². The molecule has 0 saturated heterocycles. The Hall–Kier alpha value is -2.96. The Labute approximate surface area is 124 Å². The van der Waals surface area contributed by atoms with Gasteiger partial charge in [0.1, 0.15) is 11.7 Å². The van der Waals surface area contributed by atoms with E-state index in [9.17, 15) is 14.7 Å². The number of aromatic carboxylic acids is 1. The molecular formula is C15H12O7. The van der Waals surface area contributed by atoms with Crippen LogP contribution in [0.1, 0.15) is 27.8 Å². The Morgan fingerprint density at radius 2 is 1.86 bits per heavy atom. The molecule has 3 rings (SSSR count). The summed E-state index contributed by atoms with van der Waals surface area (Å²) < 4.78 is 15.5. The van der Waals surface area contributed by atoms with Crippen LogP contribution in [0.2, 0.25) is 0 Å². The van der Waals surface area contributed by atoms with Gasteiger partial charge in [-0.2, -0.15) is 0 Å². The van der Waals surface area contributed by atoms with E-state index in [0.29, 0.717) is 11.5 Å². The van der Waals surface area contributed by atoms with Crippen molar-refractivity contribution in [3.63, 3.8) is 0 Å². The summed E-state index contributed by atoms with van der Waals surface area (Å²) in [6.45, 7) is 0.140. The van der Waals surface area contributed by atoms with Crippen LogP contribution in [0.25, 0.3) is 0 Å². The molecule has 1 unspecified atom stereocenters. The third-order valence-corrected chi connectivity index (χ3v) is 3.36. The lowest BCUT2D eigenvalue weighted by Gasteiger charge is -2.10. The van der Waals surface area contributed by atoms with Gasteiger partial charge in [-0.25, -0.2) is 4.79 Å². The molecule has 0 radical (unpaired) electrons. The maximum Gasteiger partial charge on any atom is 0.371 e. The number of rotatable bonds is 5. The summed E-state index contributed by atoms with van der Waals surface area (Å²) in [5.74, 6) is -2.32. The maximum absolute atomic E-state index is 11.5. The van der Waals surface area contributed by atoms with E-state index in [1.54, 1.807) is 18.2 Å². The van der Waals surface area contributed by atoms with Crippen LogP contribution in [0.15, 0.2) is 34.7 Å². The lowest BCUT2D eigenvalue weighted by Crippen LogP contribution is -2.13. The lowest BCUT2D eigenvalue weighted by molar-refractivity contribution is -0.139. The largest absolute Gasteiger partial charge is 0.481 e. The maximum atomic E-state index is 11.5. The van der Waals surface area contributed by atoms with E-state index >= 15 is 0 Å². The van der Waals surface area contributed by atoms with Gasteiger partial charge in [0.15, 0.2) is 11.5 Å². The Bertz CT molecular complexity index is 731. The first-order chi connectivity index (χ1) is 10.5. The van der Waals surface area contributed by atoms with Gasteiger partial charge in [-0.05, 0) is 36.2 Å². The Kier molecular flexibility index (Phi) is 3.46. The second-order valence-electron chi connectivity index (χ2n) is 4.79. The van der Waals surface area contributed by atoms with Gasteiger partial charge in [0.25, 0.3) is 0 Å². The molecule has 7 nitrogen and oxygen atoms in total. The molecule has 0 fully saturated rings. The highest BCUT2D eigenvalue weighted by molar-refractivity contribution is 5.84. The normalized spacial score (nSPS) is 13.8. The van der Waals surface area contributed by atoms with Gasteiger partial charge in [0, 0.05) is 0 Å². The number of aliphatic carboxylic acids is 1. The van der Waals surface area contributed by atoms with Gasteiger partial charge in [0.05, 0.1) is 0 Å². The number of ether oxygens (including phenoxy) is 2. The highest BCUT2D eigenvalue weighted by atomic mass is 16.7. The number of hydrogen-bond acceptors (Lipinski definition) is 5. The van der Waals surface area contributed by atoms with Crippen LogP contribution < -0.4 is 9.47 Å². The molecule has 1 atom stereocenters. The fourth-order valence-corrected chi connectivity index (χ4v) is 2.27. The minimum atomic E-state index is -1.24. The highest BCUT2D eigenvalue weighted by Gasteiger charge is 2.26. The van der Waals surface area contributed by atoms with Crippen LogP contribution in [0.3, 0.4) is 0 Å². The first kappa shape index (κ1) is 14.0. The van der Waals surface area contributed by atoms with Gasteiger partial charge >= 0.3 is 11.9 Å². The van der Waals surface area contributed by atoms with Crippen molar-refractivity contribution in [2.45, 2.75) is 12.3 Å². The molecule has 7 heteroatoms. The fourth-order valence-electron chi connectivity index (χ4n) is 2.27. The van der Waals surface area contributed by atoms with Crippen LogP contribution in [0.5, 0.6) is 11.5 Å². The molecule has 114 valence electrons. The van der Waals surface area contributed by atoms with Crippen molar-refractivity contribution in [2.24, 2.45) is 0 Å². The van der Waals surface area contributed by atoms with Crippen molar-refractivity contribution in [2.75, 3.05) is 6.79 Å². The number of fused-ring (bicyclic) bond motifs is 1. The molecule has 1 aliphatic rings. The van der Waals surface area contributed by atoms with E-state index in [2.05, 4.69) is 0 Å². The molecule has 1 aromatic heterocycles. The molecule has 22 heavy (non-hydrogen) atoms. The molecule has 1 aromatic carbocycles. The summed E-state index contributed by atoms with van der Waals surface area (Å²) in [4.78, 5) is 22.3. The van der Waals surface area contributed by atoms with Crippen molar-refractivity contribution in [1.29, 1.82) is 0 Å². The zero-order valence-electron chi connectivity index (χ0n) is 11.3. The topological polar surface area (TPSA) is 106 Å². The number of hydrogen-bond donors (Lipinski definition) is 2. The second-order valence-corrected chi connectivity index (χ2v) is 4.79. The predicted octanol–water partition coefficient (Wildman–Crippen LogP) is 2.12. The molecule has 2 aromatic rings. The zero-order chi connectivity index (χ0) is 15.7. The number of carbonyl (C=O) groups is 2. The van der Waals surface area contributed by atoms with Crippen molar-refractivity contribution >= 4 is 11.9 Å². The first-order valence-corrected chi connectivity index (χ1v) is 6.49.